The van der Waals surface area contributed by atoms with E-state index in [4.69, 9.17) is 9.29 Å². The Kier molecular flexibility index (Phi) is 7.64. The van der Waals surface area contributed by atoms with Crippen LogP contribution in [0.2, 0.25) is 0 Å². The Labute approximate surface area is 194 Å². The molecule has 2 aromatic rings. The third kappa shape index (κ3) is 5.43. The van der Waals surface area contributed by atoms with Crippen molar-refractivity contribution in [3.8, 4) is 5.75 Å². The molecular weight excluding hydrogens is 534 g/mol. The van der Waals surface area contributed by atoms with Gasteiger partial charge in [0.15, 0.2) is 0 Å². The fourth-order valence-electron chi connectivity index (χ4n) is 2.30. The standard InChI is InChI=1S/C19H14F6O8S2/c1-2-12-3-7-14(8-4-12)16(26)32-11-13-5-9-15(10-6-13)33-35(30,31)19(24,25)17(20,21)18(22,23)34(27,28)29/h2-10H,1,11H2,(H,27,28,29). The lowest BCUT2D eigenvalue weighted by molar-refractivity contribution is -0.247. The Balaban J connectivity index is 2.14. The predicted octanol–water partition coefficient (Wildman–Crippen LogP) is 4.10. The molecular formula is C19H14F6O8S2. The maximum Gasteiger partial charge on any atom is 0.450 e. The Morgan fingerprint density at radius 1 is 0.886 bits per heavy atom. The highest BCUT2D eigenvalue weighted by Gasteiger charge is 2.83. The van der Waals surface area contributed by atoms with Crippen LogP contribution in [0.5, 0.6) is 5.75 Å². The second-order valence-corrected chi connectivity index (χ2v) is 9.72. The molecule has 0 saturated heterocycles. The highest BCUT2D eigenvalue weighted by molar-refractivity contribution is 7.88. The van der Waals surface area contributed by atoms with E-state index in [1.807, 2.05) is 0 Å². The molecule has 16 heteroatoms. The minimum absolute atomic E-state index is 0.154. The molecule has 0 aliphatic rings. The molecule has 192 valence electrons. The molecule has 2 aromatic carbocycles. The summed E-state index contributed by atoms with van der Waals surface area (Å²) in [4.78, 5) is 12.0. The van der Waals surface area contributed by atoms with E-state index in [0.29, 0.717) is 12.1 Å². The van der Waals surface area contributed by atoms with Crippen LogP contribution in [0.4, 0.5) is 26.3 Å². The predicted molar refractivity (Wildman–Crippen MR) is 108 cm³/mol. The fourth-order valence-corrected chi connectivity index (χ4v) is 3.72. The SMILES string of the molecule is C=Cc1ccc(C(=O)OCc2ccc(OS(=O)(=O)C(F)(F)C(F)(F)C(F)(F)S(=O)(=O)O)cc2)cc1. The number of carbonyl (C=O) groups excluding carboxylic acids is 1. The highest BCUT2D eigenvalue weighted by Crippen LogP contribution is 2.50. The third-order valence-electron chi connectivity index (χ3n) is 4.25. The summed E-state index contributed by atoms with van der Waals surface area (Å²) in [6.45, 7) is 3.15. The monoisotopic (exact) mass is 548 g/mol. The molecule has 1 N–H and O–H groups in total. The van der Waals surface area contributed by atoms with E-state index in [1.165, 1.54) is 18.2 Å². The number of alkyl halides is 6. The van der Waals surface area contributed by atoms with Gasteiger partial charge in [0.2, 0.25) is 0 Å². The minimum Gasteiger partial charge on any atom is -0.457 e. The number of hydrogen-bond acceptors (Lipinski definition) is 7. The summed E-state index contributed by atoms with van der Waals surface area (Å²) in [5, 5.41) is -13.7. The quantitative estimate of drug-likeness (QED) is 0.204. The molecule has 0 heterocycles. The van der Waals surface area contributed by atoms with Gasteiger partial charge in [-0.05, 0) is 35.4 Å². The summed E-state index contributed by atoms with van der Waals surface area (Å²) in [5.74, 6) is -8.93. The molecule has 35 heavy (non-hydrogen) atoms. The van der Waals surface area contributed by atoms with Crippen LogP contribution in [0.25, 0.3) is 6.08 Å². The topological polar surface area (TPSA) is 124 Å². The van der Waals surface area contributed by atoms with Gasteiger partial charge in [-0.15, -0.1) is 0 Å². The summed E-state index contributed by atoms with van der Waals surface area (Å²) in [7, 11) is -14.1. The fraction of sp³-hybridized carbons (Fsp3) is 0.211. The largest absolute Gasteiger partial charge is 0.457 e. The average molecular weight is 548 g/mol. The van der Waals surface area contributed by atoms with E-state index in [9.17, 15) is 48.0 Å². The lowest BCUT2D eigenvalue weighted by Gasteiger charge is -2.29. The minimum atomic E-state index is -7.15. The van der Waals surface area contributed by atoms with Gasteiger partial charge in [-0.2, -0.15) is 43.2 Å². The summed E-state index contributed by atoms with van der Waals surface area (Å²) in [6.07, 6.45) is 1.54. The Morgan fingerprint density at radius 2 is 1.40 bits per heavy atom. The van der Waals surface area contributed by atoms with Gasteiger partial charge in [-0.1, -0.05) is 36.9 Å². The molecule has 0 aliphatic carbocycles. The first-order valence-corrected chi connectivity index (χ1v) is 11.8. The second kappa shape index (κ2) is 9.50. The first-order chi connectivity index (χ1) is 15.9. The first kappa shape index (κ1) is 28.1. The van der Waals surface area contributed by atoms with Crippen LogP contribution >= 0.6 is 0 Å². The van der Waals surface area contributed by atoms with Crippen molar-refractivity contribution < 1.29 is 61.4 Å². The maximum absolute atomic E-state index is 13.8. The van der Waals surface area contributed by atoms with Crippen molar-refractivity contribution in [3.63, 3.8) is 0 Å². The van der Waals surface area contributed by atoms with Crippen LogP contribution in [-0.2, 0) is 31.6 Å². The number of ether oxygens (including phenoxy) is 1. The molecule has 0 aromatic heterocycles. The number of rotatable bonds is 10. The van der Waals surface area contributed by atoms with Crippen LogP contribution in [-0.4, -0.2) is 43.8 Å². The molecule has 0 amide bonds. The molecule has 0 unspecified atom stereocenters. The van der Waals surface area contributed by atoms with Crippen molar-refractivity contribution in [1.29, 1.82) is 0 Å². The summed E-state index contributed by atoms with van der Waals surface area (Å²) in [5.41, 5.74) is 1.06. The molecule has 0 aliphatic heterocycles. The lowest BCUT2D eigenvalue weighted by atomic mass is 10.1. The Bertz CT molecular complexity index is 1310. The van der Waals surface area contributed by atoms with Crippen LogP contribution in [0.15, 0.2) is 55.1 Å². The highest BCUT2D eigenvalue weighted by atomic mass is 32.2. The Morgan fingerprint density at radius 3 is 1.86 bits per heavy atom. The molecule has 0 fully saturated rings. The van der Waals surface area contributed by atoms with Crippen LogP contribution in [0.1, 0.15) is 21.5 Å². The number of hydrogen-bond donors (Lipinski definition) is 1. The van der Waals surface area contributed by atoms with E-state index in [2.05, 4.69) is 10.8 Å². The molecule has 0 spiro atoms. The molecule has 2 rings (SSSR count). The van der Waals surface area contributed by atoms with Gasteiger partial charge in [-0.3, -0.25) is 4.55 Å². The van der Waals surface area contributed by atoms with Gasteiger partial charge >= 0.3 is 42.6 Å². The summed E-state index contributed by atoms with van der Waals surface area (Å²) < 4.78 is 142. The zero-order chi connectivity index (χ0) is 26.9. The summed E-state index contributed by atoms with van der Waals surface area (Å²) >= 11 is 0. The lowest BCUT2D eigenvalue weighted by Crippen LogP contribution is -2.61. The van der Waals surface area contributed by atoms with Gasteiger partial charge in [0, 0.05) is 0 Å². The van der Waals surface area contributed by atoms with Crippen molar-refractivity contribution >= 4 is 32.3 Å². The summed E-state index contributed by atoms with van der Waals surface area (Å²) in [6, 6.07) is 9.31. The van der Waals surface area contributed by atoms with Crippen LogP contribution in [0.3, 0.4) is 0 Å². The van der Waals surface area contributed by atoms with Gasteiger partial charge in [0.25, 0.3) is 0 Å². The zero-order valence-electron chi connectivity index (χ0n) is 17.0. The van der Waals surface area contributed by atoms with Crippen LogP contribution < -0.4 is 4.18 Å². The molecule has 0 atom stereocenters. The molecule has 0 bridgehead atoms. The van der Waals surface area contributed by atoms with Gasteiger partial charge < -0.3 is 8.92 Å². The first-order valence-electron chi connectivity index (χ1n) is 8.90. The number of benzene rings is 2. The van der Waals surface area contributed by atoms with Crippen molar-refractivity contribution in [2.75, 3.05) is 0 Å². The number of halogens is 6. The number of carbonyl (C=O) groups is 1. The van der Waals surface area contributed by atoms with Gasteiger partial charge in [0.05, 0.1) is 5.56 Å². The molecule has 0 saturated carbocycles. The van der Waals surface area contributed by atoms with Gasteiger partial charge in [-0.25, -0.2) is 4.79 Å². The average Bonchev–Trinajstić information content (AvgIpc) is 2.77. The van der Waals surface area contributed by atoms with Crippen LogP contribution in [0, 0.1) is 0 Å². The van der Waals surface area contributed by atoms with Gasteiger partial charge in [0.1, 0.15) is 12.4 Å². The Hall–Kier alpha value is -3.11. The normalized spacial score (nSPS) is 13.2. The molecule has 0 radical (unpaired) electrons. The van der Waals surface area contributed by atoms with Crippen molar-refractivity contribution in [2.45, 2.75) is 23.0 Å². The maximum atomic E-state index is 13.8. The van der Waals surface area contributed by atoms with Crippen molar-refractivity contribution in [3.05, 3.63) is 71.8 Å². The molecule has 8 nitrogen and oxygen atoms in total. The van der Waals surface area contributed by atoms with E-state index in [0.717, 1.165) is 17.7 Å². The van der Waals surface area contributed by atoms with E-state index >= 15 is 0 Å². The smallest absolute Gasteiger partial charge is 0.450 e. The van der Waals surface area contributed by atoms with E-state index < -0.39 is 55.0 Å². The number of esters is 1. The third-order valence-corrected chi connectivity index (χ3v) is 6.45. The van der Waals surface area contributed by atoms with E-state index in [-0.39, 0.29) is 11.1 Å². The second-order valence-electron chi connectivity index (χ2n) is 6.67. The van der Waals surface area contributed by atoms with Crippen molar-refractivity contribution in [1.82, 2.24) is 0 Å². The van der Waals surface area contributed by atoms with E-state index in [1.54, 1.807) is 12.1 Å². The zero-order valence-corrected chi connectivity index (χ0v) is 18.6. The van der Waals surface area contributed by atoms with Crippen molar-refractivity contribution in [2.24, 2.45) is 0 Å².